The number of hydrogen-bond donors (Lipinski definition) is 0. The molecule has 0 N–H and O–H groups in total. The summed E-state index contributed by atoms with van der Waals surface area (Å²) in [6.45, 7) is 0. The van der Waals surface area contributed by atoms with Crippen LogP contribution in [0.3, 0.4) is 0 Å². The molecule has 0 amide bonds. The number of para-hydroxylation sites is 2. The Bertz CT molecular complexity index is 1820. The maximum atomic E-state index is 2.55. The minimum atomic E-state index is 0.549. The van der Waals surface area contributed by atoms with Gasteiger partial charge in [0.25, 0.3) is 0 Å². The fourth-order valence-corrected chi connectivity index (χ4v) is 6.63. The van der Waals surface area contributed by atoms with Crippen molar-refractivity contribution in [2.45, 2.75) is 18.9 Å². The molecule has 196 valence electrons. The minimum absolute atomic E-state index is 0.549. The normalized spacial score (nSPS) is 14.8. The fraction of sp³-hybridized carbons (Fsp3) is 0.0769. The number of nitrogens with zero attached hydrogens (tertiary/aromatic N) is 2. The van der Waals surface area contributed by atoms with Crippen LogP contribution in [0.4, 0.5) is 28.4 Å². The topological polar surface area (TPSA) is 6.48 Å². The minimum Gasteiger partial charge on any atom is -0.337 e. The van der Waals surface area contributed by atoms with E-state index in [0.717, 1.165) is 29.9 Å². The lowest BCUT2D eigenvalue weighted by Gasteiger charge is -2.26. The lowest BCUT2D eigenvalue weighted by molar-refractivity contribution is 0.725. The third-order valence-corrected chi connectivity index (χ3v) is 8.57. The highest BCUT2D eigenvalue weighted by atomic mass is 15.2. The summed E-state index contributed by atoms with van der Waals surface area (Å²) < 4.78 is 0. The first-order valence-electron chi connectivity index (χ1n) is 14.4. The molecule has 6 aromatic carbocycles. The monoisotopic (exact) mass is 526 g/mol. The molecule has 8 rings (SSSR count). The average Bonchev–Trinajstić information content (AvgIpc) is 3.58. The molecular weight excluding hydrogens is 496 g/mol. The van der Waals surface area contributed by atoms with E-state index in [2.05, 4.69) is 161 Å². The van der Waals surface area contributed by atoms with Gasteiger partial charge in [0.05, 0.1) is 0 Å². The molecule has 0 aliphatic carbocycles. The molecule has 0 aromatic heterocycles. The van der Waals surface area contributed by atoms with E-state index in [1.807, 2.05) is 0 Å². The summed E-state index contributed by atoms with van der Waals surface area (Å²) in [5, 5.41) is 0. The third kappa shape index (κ3) is 4.20. The lowest BCUT2D eigenvalue weighted by Crippen LogP contribution is -2.22. The van der Waals surface area contributed by atoms with Crippen LogP contribution >= 0.6 is 0 Å². The van der Waals surface area contributed by atoms with Gasteiger partial charge in [-0.15, -0.1) is 0 Å². The molecule has 2 aliphatic heterocycles. The van der Waals surface area contributed by atoms with E-state index in [4.69, 9.17) is 0 Å². The Balaban J connectivity index is 1.11. The van der Waals surface area contributed by atoms with Gasteiger partial charge in [0, 0.05) is 34.5 Å². The summed E-state index contributed by atoms with van der Waals surface area (Å²) in [7, 11) is 0. The van der Waals surface area contributed by atoms with E-state index < -0.39 is 0 Å². The van der Waals surface area contributed by atoms with Crippen LogP contribution in [-0.2, 0) is 12.8 Å². The Morgan fingerprint density at radius 1 is 0.415 bits per heavy atom. The molecule has 0 bridgehead atoms. The largest absolute Gasteiger partial charge is 0.337 e. The molecule has 2 aliphatic rings. The summed E-state index contributed by atoms with van der Waals surface area (Å²) in [5.41, 5.74) is 14.1. The van der Waals surface area contributed by atoms with Crippen LogP contribution in [0.5, 0.6) is 0 Å². The van der Waals surface area contributed by atoms with Crippen molar-refractivity contribution in [1.82, 2.24) is 0 Å². The lowest BCUT2D eigenvalue weighted by atomic mass is 9.99. The quantitative estimate of drug-likeness (QED) is 0.220. The van der Waals surface area contributed by atoms with Crippen molar-refractivity contribution in [3.8, 4) is 22.3 Å². The number of fused-ring (bicyclic) bond motifs is 5. The molecule has 1 atom stereocenters. The Morgan fingerprint density at radius 3 is 1.61 bits per heavy atom. The van der Waals surface area contributed by atoms with Crippen molar-refractivity contribution in [1.29, 1.82) is 0 Å². The van der Waals surface area contributed by atoms with Crippen LogP contribution in [0.2, 0.25) is 0 Å². The molecule has 0 radical (unpaired) electrons. The number of benzene rings is 6. The van der Waals surface area contributed by atoms with Gasteiger partial charge in [-0.2, -0.15) is 0 Å². The average molecular weight is 527 g/mol. The molecular formula is C39H30N2. The van der Waals surface area contributed by atoms with Gasteiger partial charge in [-0.3, -0.25) is 0 Å². The highest BCUT2D eigenvalue weighted by Crippen LogP contribution is 2.47. The van der Waals surface area contributed by atoms with Crippen LogP contribution in [-0.4, -0.2) is 6.04 Å². The summed E-state index contributed by atoms with van der Waals surface area (Å²) in [5.74, 6) is 0. The highest BCUT2D eigenvalue weighted by Gasteiger charge is 2.36. The third-order valence-electron chi connectivity index (χ3n) is 8.57. The molecule has 2 heteroatoms. The van der Waals surface area contributed by atoms with Crippen molar-refractivity contribution in [3.05, 3.63) is 163 Å². The zero-order valence-electron chi connectivity index (χ0n) is 22.8. The Kier molecular flexibility index (Phi) is 5.70. The molecule has 41 heavy (non-hydrogen) atoms. The van der Waals surface area contributed by atoms with Gasteiger partial charge in [0.2, 0.25) is 0 Å². The van der Waals surface area contributed by atoms with Crippen molar-refractivity contribution in [2.75, 3.05) is 9.80 Å². The standard InChI is InChI=1S/C39H30N2/c1-3-9-28(10-4-1)29-15-20-35(21-16-29)40(34-12-5-2-6-13-34)36-22-17-30(18-23-36)31-19-24-39-33(25-31)27-37-26-32-11-7-8-14-38(32)41(37)39/h1-25,37H,26-27H2. The molecule has 6 aromatic rings. The SMILES string of the molecule is c1ccc(-c2ccc(N(c3ccccc3)c3ccc(-c4ccc5c(c4)CC4Cc6ccccc6N54)cc3)cc2)cc1. The Labute approximate surface area is 241 Å². The van der Waals surface area contributed by atoms with Crippen LogP contribution in [0.25, 0.3) is 22.3 Å². The number of rotatable bonds is 5. The second-order valence-electron chi connectivity index (χ2n) is 11.0. The molecule has 2 heterocycles. The van der Waals surface area contributed by atoms with Gasteiger partial charge in [0.15, 0.2) is 0 Å². The zero-order valence-corrected chi connectivity index (χ0v) is 22.8. The zero-order chi connectivity index (χ0) is 27.2. The first-order chi connectivity index (χ1) is 20.3. The summed E-state index contributed by atoms with van der Waals surface area (Å²) in [4.78, 5) is 4.88. The van der Waals surface area contributed by atoms with Gasteiger partial charge in [-0.25, -0.2) is 0 Å². The molecule has 2 nitrogen and oxygen atoms in total. The van der Waals surface area contributed by atoms with Crippen LogP contribution in [0.15, 0.2) is 152 Å². The Morgan fingerprint density at radius 2 is 0.902 bits per heavy atom. The second kappa shape index (κ2) is 9.83. The van der Waals surface area contributed by atoms with Crippen molar-refractivity contribution in [2.24, 2.45) is 0 Å². The van der Waals surface area contributed by atoms with Gasteiger partial charge in [-0.1, -0.05) is 97.1 Å². The van der Waals surface area contributed by atoms with Crippen LogP contribution in [0, 0.1) is 0 Å². The van der Waals surface area contributed by atoms with Crippen LogP contribution in [0.1, 0.15) is 11.1 Å². The molecule has 0 spiro atoms. The van der Waals surface area contributed by atoms with E-state index in [0.29, 0.717) is 6.04 Å². The first kappa shape index (κ1) is 23.8. The molecule has 1 unspecified atom stereocenters. The van der Waals surface area contributed by atoms with Gasteiger partial charge < -0.3 is 9.80 Å². The van der Waals surface area contributed by atoms with Crippen LogP contribution < -0.4 is 9.80 Å². The van der Waals surface area contributed by atoms with E-state index in [-0.39, 0.29) is 0 Å². The van der Waals surface area contributed by atoms with Gasteiger partial charge in [0.1, 0.15) is 0 Å². The van der Waals surface area contributed by atoms with E-state index in [1.54, 1.807) is 0 Å². The van der Waals surface area contributed by atoms with Gasteiger partial charge in [-0.05, 0) is 101 Å². The van der Waals surface area contributed by atoms with E-state index in [9.17, 15) is 0 Å². The molecule has 0 saturated carbocycles. The molecule has 0 fully saturated rings. The number of hydrogen-bond acceptors (Lipinski definition) is 2. The number of anilines is 5. The predicted molar refractivity (Wildman–Crippen MR) is 172 cm³/mol. The Hall–Kier alpha value is -5.08. The summed E-state index contributed by atoms with van der Waals surface area (Å²) in [6, 6.07) is 55.5. The van der Waals surface area contributed by atoms with Crippen molar-refractivity contribution in [3.63, 3.8) is 0 Å². The fourth-order valence-electron chi connectivity index (χ4n) is 6.63. The molecule has 0 saturated heterocycles. The predicted octanol–water partition coefficient (Wildman–Crippen LogP) is 10.1. The van der Waals surface area contributed by atoms with Crippen molar-refractivity contribution >= 4 is 28.4 Å². The van der Waals surface area contributed by atoms with Crippen molar-refractivity contribution < 1.29 is 0 Å². The smallest absolute Gasteiger partial charge is 0.0462 e. The van der Waals surface area contributed by atoms with E-state index in [1.165, 1.54) is 44.8 Å². The summed E-state index contributed by atoms with van der Waals surface area (Å²) in [6.07, 6.45) is 2.24. The highest BCUT2D eigenvalue weighted by molar-refractivity contribution is 5.82. The maximum Gasteiger partial charge on any atom is 0.0462 e. The summed E-state index contributed by atoms with van der Waals surface area (Å²) >= 11 is 0. The first-order valence-corrected chi connectivity index (χ1v) is 14.4. The van der Waals surface area contributed by atoms with Gasteiger partial charge >= 0.3 is 0 Å². The van der Waals surface area contributed by atoms with E-state index >= 15 is 0 Å². The second-order valence-corrected chi connectivity index (χ2v) is 11.0. The maximum absolute atomic E-state index is 2.55.